The normalized spacial score (nSPS) is 24.6. The van der Waals surface area contributed by atoms with E-state index in [1.807, 2.05) is 60.4 Å². The molecule has 0 aromatic heterocycles. The van der Waals surface area contributed by atoms with Crippen LogP contribution in [-0.4, -0.2) is 78.1 Å². The Bertz CT molecular complexity index is 1850. The summed E-state index contributed by atoms with van der Waals surface area (Å²) in [5.41, 5.74) is 3.43. The van der Waals surface area contributed by atoms with Gasteiger partial charge in [0.05, 0.1) is 18.2 Å². The number of amides is 1. The second-order valence-electron chi connectivity index (χ2n) is 14.9. The molecule has 3 aromatic rings. The number of aliphatic hydroxyl groups is 2. The van der Waals surface area contributed by atoms with Gasteiger partial charge in [0, 0.05) is 43.2 Å². The lowest BCUT2D eigenvalue weighted by Gasteiger charge is -2.60. The van der Waals surface area contributed by atoms with Crippen molar-refractivity contribution in [1.29, 1.82) is 0 Å². The third-order valence-corrected chi connectivity index (χ3v) is 11.4. The molecule has 1 amide bonds. The average Bonchev–Trinajstić information content (AvgIpc) is 3.21. The predicted molar refractivity (Wildman–Crippen MR) is 218 cm³/mol. The highest BCUT2D eigenvalue weighted by atomic mass is 16.7. The lowest BCUT2D eigenvalue weighted by atomic mass is 9.55. The summed E-state index contributed by atoms with van der Waals surface area (Å²) in [6.45, 7) is 13.6. The van der Waals surface area contributed by atoms with Gasteiger partial charge >= 0.3 is 0 Å². The van der Waals surface area contributed by atoms with E-state index in [1.165, 1.54) is 0 Å². The summed E-state index contributed by atoms with van der Waals surface area (Å²) in [5.74, 6) is -0.195. The number of benzene rings is 3. The lowest BCUT2D eigenvalue weighted by Crippen LogP contribution is -2.70. The second-order valence-corrected chi connectivity index (χ2v) is 14.9. The zero-order valence-corrected chi connectivity index (χ0v) is 32.5. The summed E-state index contributed by atoms with van der Waals surface area (Å²) in [7, 11) is 0. The fourth-order valence-electron chi connectivity index (χ4n) is 9.16. The number of oxime groups is 1. The van der Waals surface area contributed by atoms with Gasteiger partial charge in [-0.1, -0.05) is 80.1 Å². The molecule has 2 N–H and O–H groups in total. The quantitative estimate of drug-likeness (QED) is 0.0676. The Kier molecular flexibility index (Phi) is 13.9. The first-order valence-electron chi connectivity index (χ1n) is 20.2. The number of hydrogen-bond donors (Lipinski definition) is 2. The monoisotopic (exact) mass is 750 g/mol. The van der Waals surface area contributed by atoms with E-state index in [-0.39, 0.29) is 49.4 Å². The van der Waals surface area contributed by atoms with E-state index < -0.39 is 11.8 Å². The Morgan fingerprint density at radius 3 is 2.45 bits per heavy atom. The van der Waals surface area contributed by atoms with Crippen LogP contribution in [-0.2, 0) is 9.57 Å². The van der Waals surface area contributed by atoms with Crippen LogP contribution in [0.1, 0.15) is 87.1 Å². The summed E-state index contributed by atoms with van der Waals surface area (Å²) in [4.78, 5) is 22.8. The van der Waals surface area contributed by atoms with E-state index in [0.29, 0.717) is 50.3 Å². The Morgan fingerprint density at radius 1 is 0.964 bits per heavy atom. The maximum Gasteiger partial charge on any atom is 0.254 e. The molecule has 294 valence electrons. The minimum atomic E-state index is -1.31. The van der Waals surface area contributed by atoms with Crippen LogP contribution in [0.25, 0.3) is 10.8 Å². The van der Waals surface area contributed by atoms with Gasteiger partial charge in [-0.25, -0.2) is 0 Å². The zero-order chi connectivity index (χ0) is 38.8. The van der Waals surface area contributed by atoms with Gasteiger partial charge in [-0.3, -0.25) is 4.79 Å². The van der Waals surface area contributed by atoms with Crippen molar-refractivity contribution in [1.82, 2.24) is 4.90 Å². The standard InChI is InChI=1S/C46H58N2O7/c1-5-23-48(45(51)35-20-19-32-15-9-10-16-33(32)28-35)42-31-40(47-54-8-4)38-29-34(17-11-13-24-49)37(18-12-14-25-50)43-39-30-36(52-26-6-2)21-22-41(39)55-46(42,44(38)43)53-27-7-3/h6-7,9-10,15-16,19-22,28-30,34,37,42-44,49-50H,2-3,5,8,11-14,17-18,23-27,31H2,1,4H3. The van der Waals surface area contributed by atoms with Crippen LogP contribution in [0.2, 0.25) is 0 Å². The fourth-order valence-corrected chi connectivity index (χ4v) is 9.16. The van der Waals surface area contributed by atoms with Crippen LogP contribution in [0, 0.1) is 17.8 Å². The van der Waals surface area contributed by atoms with Crippen molar-refractivity contribution in [3.63, 3.8) is 0 Å². The van der Waals surface area contributed by atoms with Gasteiger partial charge in [0.1, 0.15) is 30.8 Å². The number of hydrogen-bond acceptors (Lipinski definition) is 8. The number of nitrogens with zero attached hydrogens (tertiary/aromatic N) is 2. The number of allylic oxidation sites excluding steroid dienone is 1. The van der Waals surface area contributed by atoms with Crippen molar-refractivity contribution >= 4 is 22.4 Å². The van der Waals surface area contributed by atoms with Crippen molar-refractivity contribution < 1.29 is 34.1 Å². The molecule has 1 heterocycles. The van der Waals surface area contributed by atoms with Gasteiger partial charge in [-0.15, -0.1) is 6.58 Å². The molecule has 9 heteroatoms. The van der Waals surface area contributed by atoms with E-state index >= 15 is 4.79 Å². The van der Waals surface area contributed by atoms with Crippen LogP contribution in [0.4, 0.5) is 0 Å². The molecule has 2 aliphatic carbocycles. The molecule has 3 aliphatic rings. The van der Waals surface area contributed by atoms with Gasteiger partial charge in [0.2, 0.25) is 5.79 Å². The smallest absolute Gasteiger partial charge is 0.254 e. The molecule has 0 radical (unpaired) electrons. The van der Waals surface area contributed by atoms with Crippen molar-refractivity contribution in [2.75, 3.05) is 39.6 Å². The van der Waals surface area contributed by atoms with Crippen molar-refractivity contribution in [3.05, 3.63) is 109 Å². The van der Waals surface area contributed by atoms with Gasteiger partial charge in [0.15, 0.2) is 0 Å². The van der Waals surface area contributed by atoms with Crippen LogP contribution in [0.15, 0.2) is 103 Å². The number of ether oxygens (including phenoxy) is 3. The van der Waals surface area contributed by atoms with E-state index in [1.54, 1.807) is 12.2 Å². The first kappa shape index (κ1) is 40.2. The summed E-state index contributed by atoms with van der Waals surface area (Å²) in [6, 6.07) is 19.4. The van der Waals surface area contributed by atoms with E-state index in [2.05, 4.69) is 38.3 Å². The molecule has 1 saturated carbocycles. The summed E-state index contributed by atoms with van der Waals surface area (Å²) < 4.78 is 20.5. The summed E-state index contributed by atoms with van der Waals surface area (Å²) in [5, 5.41) is 26.6. The van der Waals surface area contributed by atoms with E-state index in [4.69, 9.17) is 24.2 Å². The Labute approximate surface area is 326 Å². The molecule has 1 aliphatic heterocycles. The number of carbonyl (C=O) groups is 1. The van der Waals surface area contributed by atoms with Crippen molar-refractivity contribution in [2.45, 2.75) is 83.0 Å². The van der Waals surface area contributed by atoms with Crippen molar-refractivity contribution in [2.24, 2.45) is 22.9 Å². The summed E-state index contributed by atoms with van der Waals surface area (Å²) in [6.07, 6.45) is 11.8. The van der Waals surface area contributed by atoms with Gasteiger partial charge in [0.25, 0.3) is 5.91 Å². The highest BCUT2D eigenvalue weighted by molar-refractivity contribution is 6.04. The van der Waals surface area contributed by atoms with Gasteiger partial charge < -0.3 is 34.2 Å². The predicted octanol–water partition coefficient (Wildman–Crippen LogP) is 8.61. The minimum Gasteiger partial charge on any atom is -0.490 e. The van der Waals surface area contributed by atoms with Crippen LogP contribution in [0.3, 0.4) is 0 Å². The Hall–Kier alpha value is -4.44. The molecule has 3 aromatic carbocycles. The zero-order valence-electron chi connectivity index (χ0n) is 32.5. The Morgan fingerprint density at radius 2 is 1.73 bits per heavy atom. The van der Waals surface area contributed by atoms with E-state index in [9.17, 15) is 10.2 Å². The minimum absolute atomic E-state index is 0.0984. The van der Waals surface area contributed by atoms with Crippen LogP contribution >= 0.6 is 0 Å². The third-order valence-electron chi connectivity index (χ3n) is 11.4. The van der Waals surface area contributed by atoms with Gasteiger partial charge in [-0.2, -0.15) is 0 Å². The third kappa shape index (κ3) is 8.39. The van der Waals surface area contributed by atoms with Crippen LogP contribution in [0.5, 0.6) is 11.5 Å². The maximum absolute atomic E-state index is 15.0. The Balaban J connectivity index is 1.59. The molecule has 6 atom stereocenters. The molecule has 55 heavy (non-hydrogen) atoms. The molecular formula is C46H58N2O7. The first-order chi connectivity index (χ1) is 26.9. The number of aliphatic hydroxyl groups excluding tert-OH is 2. The molecule has 6 unspecified atom stereocenters. The van der Waals surface area contributed by atoms with Gasteiger partial charge in [-0.05, 0) is 97.5 Å². The van der Waals surface area contributed by atoms with Crippen molar-refractivity contribution in [3.8, 4) is 11.5 Å². The highest BCUT2D eigenvalue weighted by Crippen LogP contribution is 2.62. The highest BCUT2D eigenvalue weighted by Gasteiger charge is 2.65. The number of fused-ring (bicyclic) bond motifs is 3. The second kappa shape index (κ2) is 18.9. The number of rotatable bonds is 20. The van der Waals surface area contributed by atoms with Crippen LogP contribution < -0.4 is 9.47 Å². The first-order valence-corrected chi connectivity index (χ1v) is 20.2. The molecule has 9 nitrogen and oxygen atoms in total. The average molecular weight is 751 g/mol. The topological polar surface area (TPSA) is 110 Å². The molecule has 0 saturated heterocycles. The molecule has 0 bridgehead atoms. The SMILES string of the molecule is C=CCOc1ccc2c(c1)C1C(CCCCO)C(CCCCO)C=C3C(=NOCC)CC(N(CCC)C(=O)c4ccc5ccccc5c4)C(OCC=C)(O2)C31. The molecule has 0 spiro atoms. The fraction of sp³-hybridized carbons (Fsp3) is 0.478. The maximum atomic E-state index is 15.0. The molecular weight excluding hydrogens is 693 g/mol. The molecule has 1 fully saturated rings. The number of carbonyl (C=O) groups excluding carboxylic acids is 1. The molecule has 6 rings (SSSR count). The lowest BCUT2D eigenvalue weighted by molar-refractivity contribution is -0.254. The number of unbranched alkanes of at least 4 members (excludes halogenated alkanes) is 2. The van der Waals surface area contributed by atoms with E-state index in [0.717, 1.165) is 65.5 Å². The summed E-state index contributed by atoms with van der Waals surface area (Å²) >= 11 is 0. The largest absolute Gasteiger partial charge is 0.490 e.